The first-order valence-electron chi connectivity index (χ1n) is 10.0. The minimum absolute atomic E-state index is 0.0610. The number of hydrazine groups is 2. The van der Waals surface area contributed by atoms with Crippen molar-refractivity contribution >= 4 is 5.91 Å². The number of carbonyl (C=O) groups excluding carboxylic acids is 1. The highest BCUT2D eigenvalue weighted by molar-refractivity contribution is 5.83. The molecular formula is C19H24FN7O3. The number of rotatable bonds is 4. The standard InChI is InChI=1S/C19H24FN7O3/c1-10-7-22-27-16(10)18(28)26(19(21)24-27)8-15-23-17(25-30-15)12-6-14(29-9-12)11-3-2-4-13(20)5-11/h2-5,10,12,14,16,19,22,24H,6-9,21H2,1H3/t10?,12-,14+,16?,19?/m0/s1. The molecule has 30 heavy (non-hydrogen) atoms. The summed E-state index contributed by atoms with van der Waals surface area (Å²) in [6.07, 6.45) is -0.280. The van der Waals surface area contributed by atoms with E-state index in [0.717, 1.165) is 5.56 Å². The SMILES string of the molecule is CC1CNN2NC(N)N(Cc3nc([C@@H]4CO[C@@H](c5cccc(F)c5)C4)no3)C(=O)C12. The molecular weight excluding hydrogens is 393 g/mol. The van der Waals surface area contributed by atoms with E-state index in [1.54, 1.807) is 11.2 Å². The smallest absolute Gasteiger partial charge is 0.246 e. The average molecular weight is 417 g/mol. The Morgan fingerprint density at radius 2 is 2.27 bits per heavy atom. The van der Waals surface area contributed by atoms with Gasteiger partial charge in [-0.1, -0.05) is 24.2 Å². The number of nitrogens with one attached hydrogen (secondary N) is 2. The molecule has 11 heteroatoms. The Morgan fingerprint density at radius 1 is 1.40 bits per heavy atom. The lowest BCUT2D eigenvalue weighted by Gasteiger charge is -2.41. The number of amides is 1. The van der Waals surface area contributed by atoms with Crippen molar-refractivity contribution in [1.29, 1.82) is 0 Å². The van der Waals surface area contributed by atoms with Gasteiger partial charge in [-0.15, -0.1) is 0 Å². The maximum absolute atomic E-state index is 13.5. The molecule has 4 N–H and O–H groups in total. The molecule has 0 radical (unpaired) electrons. The highest BCUT2D eigenvalue weighted by Crippen LogP contribution is 2.37. The van der Waals surface area contributed by atoms with Crippen molar-refractivity contribution in [2.45, 2.75) is 44.2 Å². The third kappa shape index (κ3) is 3.48. The number of fused-ring (bicyclic) bond motifs is 1. The third-order valence-electron chi connectivity index (χ3n) is 5.92. The number of ether oxygens (including phenoxy) is 1. The van der Waals surface area contributed by atoms with Crippen molar-refractivity contribution in [3.05, 3.63) is 47.4 Å². The van der Waals surface area contributed by atoms with E-state index in [9.17, 15) is 9.18 Å². The molecule has 4 heterocycles. The first kappa shape index (κ1) is 19.5. The van der Waals surface area contributed by atoms with Gasteiger partial charge in [0.25, 0.3) is 0 Å². The van der Waals surface area contributed by atoms with Crippen LogP contribution < -0.4 is 16.6 Å². The molecule has 3 fully saturated rings. The fraction of sp³-hybridized carbons (Fsp3) is 0.526. The molecule has 160 valence electrons. The van der Waals surface area contributed by atoms with E-state index in [0.29, 0.717) is 31.3 Å². The maximum Gasteiger partial charge on any atom is 0.246 e. The monoisotopic (exact) mass is 417 g/mol. The summed E-state index contributed by atoms with van der Waals surface area (Å²) in [4.78, 5) is 18.9. The van der Waals surface area contributed by atoms with Crippen molar-refractivity contribution in [2.75, 3.05) is 13.2 Å². The molecule has 3 aliphatic heterocycles. The summed E-state index contributed by atoms with van der Waals surface area (Å²) in [6.45, 7) is 3.25. The summed E-state index contributed by atoms with van der Waals surface area (Å²) in [5.41, 5.74) is 13.1. The van der Waals surface area contributed by atoms with E-state index in [1.165, 1.54) is 17.0 Å². The summed E-state index contributed by atoms with van der Waals surface area (Å²) in [7, 11) is 0. The lowest BCUT2D eigenvalue weighted by molar-refractivity contribution is -0.156. The normalized spacial score (nSPS) is 32.0. The Labute approximate surface area is 172 Å². The Morgan fingerprint density at radius 3 is 3.10 bits per heavy atom. The number of hydrogen-bond acceptors (Lipinski definition) is 9. The van der Waals surface area contributed by atoms with Crippen LogP contribution in [0.3, 0.4) is 0 Å². The molecule has 1 amide bonds. The van der Waals surface area contributed by atoms with Crippen LogP contribution in [0.1, 0.15) is 42.6 Å². The molecule has 5 atom stereocenters. The largest absolute Gasteiger partial charge is 0.373 e. The molecule has 3 saturated heterocycles. The summed E-state index contributed by atoms with van der Waals surface area (Å²) in [6, 6.07) is 6.07. The number of aromatic nitrogens is 2. The summed E-state index contributed by atoms with van der Waals surface area (Å²) < 4.78 is 24.7. The van der Waals surface area contributed by atoms with E-state index in [4.69, 9.17) is 15.0 Å². The Bertz CT molecular complexity index is 940. The number of benzene rings is 1. The van der Waals surface area contributed by atoms with Crippen LogP contribution in [0.25, 0.3) is 0 Å². The summed E-state index contributed by atoms with van der Waals surface area (Å²) in [5.74, 6) is 0.545. The van der Waals surface area contributed by atoms with E-state index in [1.807, 2.05) is 13.0 Å². The fourth-order valence-electron chi connectivity index (χ4n) is 4.27. The van der Waals surface area contributed by atoms with E-state index >= 15 is 0 Å². The first-order valence-corrected chi connectivity index (χ1v) is 10.0. The third-order valence-corrected chi connectivity index (χ3v) is 5.92. The highest BCUT2D eigenvalue weighted by atomic mass is 19.1. The van der Waals surface area contributed by atoms with Crippen LogP contribution in [0.5, 0.6) is 0 Å². The van der Waals surface area contributed by atoms with E-state index in [2.05, 4.69) is 21.0 Å². The molecule has 1 aromatic heterocycles. The second-order valence-electron chi connectivity index (χ2n) is 8.05. The molecule has 0 bridgehead atoms. The zero-order valence-corrected chi connectivity index (χ0v) is 16.5. The van der Waals surface area contributed by atoms with Crippen LogP contribution in [-0.2, 0) is 16.1 Å². The zero-order chi connectivity index (χ0) is 20.8. The van der Waals surface area contributed by atoms with Gasteiger partial charge in [0.15, 0.2) is 5.82 Å². The van der Waals surface area contributed by atoms with Gasteiger partial charge in [-0.3, -0.25) is 10.5 Å². The second-order valence-corrected chi connectivity index (χ2v) is 8.05. The van der Waals surface area contributed by atoms with Crippen LogP contribution in [0, 0.1) is 11.7 Å². The Balaban J connectivity index is 1.25. The maximum atomic E-state index is 13.5. The van der Waals surface area contributed by atoms with Gasteiger partial charge in [0, 0.05) is 12.5 Å². The van der Waals surface area contributed by atoms with Crippen LogP contribution in [0.15, 0.2) is 28.8 Å². The van der Waals surface area contributed by atoms with Gasteiger partial charge in [-0.2, -0.15) is 10.1 Å². The zero-order valence-electron chi connectivity index (χ0n) is 16.5. The molecule has 1 aromatic carbocycles. The van der Waals surface area contributed by atoms with Crippen molar-refractivity contribution in [1.82, 2.24) is 31.0 Å². The van der Waals surface area contributed by atoms with E-state index < -0.39 is 6.29 Å². The Kier molecular flexibility index (Phi) is 4.99. The number of nitrogens with zero attached hydrogens (tertiary/aromatic N) is 4. The van der Waals surface area contributed by atoms with E-state index in [-0.39, 0.29) is 42.3 Å². The summed E-state index contributed by atoms with van der Waals surface area (Å²) in [5, 5.41) is 5.76. The van der Waals surface area contributed by atoms with Crippen molar-refractivity contribution in [3.8, 4) is 0 Å². The number of carbonyl (C=O) groups is 1. The van der Waals surface area contributed by atoms with Gasteiger partial charge in [-0.25, -0.2) is 15.2 Å². The predicted molar refractivity (Wildman–Crippen MR) is 101 cm³/mol. The molecule has 3 aliphatic rings. The molecule has 2 aromatic rings. The lowest BCUT2D eigenvalue weighted by atomic mass is 10.00. The molecule has 5 rings (SSSR count). The molecule has 0 spiro atoms. The lowest BCUT2D eigenvalue weighted by Crippen LogP contribution is -2.71. The predicted octanol–water partition coefficient (Wildman–Crippen LogP) is 0.368. The van der Waals surface area contributed by atoms with Crippen LogP contribution in [-0.4, -0.2) is 51.5 Å². The first-order chi connectivity index (χ1) is 14.5. The topological polar surface area (TPSA) is 122 Å². The van der Waals surface area contributed by atoms with Crippen molar-refractivity contribution < 1.29 is 18.4 Å². The fourth-order valence-corrected chi connectivity index (χ4v) is 4.27. The number of nitrogens with two attached hydrogens (primary N) is 1. The quantitative estimate of drug-likeness (QED) is 0.648. The Hall–Kier alpha value is -2.44. The molecule has 0 saturated carbocycles. The van der Waals surface area contributed by atoms with Crippen LogP contribution in [0.2, 0.25) is 0 Å². The number of hydrogen-bond donors (Lipinski definition) is 3. The van der Waals surface area contributed by atoms with Gasteiger partial charge in [0.1, 0.15) is 24.7 Å². The minimum Gasteiger partial charge on any atom is -0.373 e. The van der Waals surface area contributed by atoms with Crippen LogP contribution >= 0.6 is 0 Å². The van der Waals surface area contributed by atoms with Gasteiger partial charge >= 0.3 is 0 Å². The average Bonchev–Trinajstić information content (AvgIpc) is 3.45. The number of halogens is 1. The van der Waals surface area contributed by atoms with Gasteiger partial charge in [0.2, 0.25) is 11.8 Å². The molecule has 3 unspecified atom stereocenters. The molecule has 10 nitrogen and oxygen atoms in total. The van der Waals surface area contributed by atoms with Crippen LogP contribution in [0.4, 0.5) is 4.39 Å². The minimum atomic E-state index is -0.700. The van der Waals surface area contributed by atoms with Gasteiger partial charge < -0.3 is 14.2 Å². The highest BCUT2D eigenvalue weighted by Gasteiger charge is 2.46. The van der Waals surface area contributed by atoms with Crippen molar-refractivity contribution in [3.63, 3.8) is 0 Å². The summed E-state index contributed by atoms with van der Waals surface area (Å²) >= 11 is 0. The second kappa shape index (κ2) is 7.67. The van der Waals surface area contributed by atoms with Gasteiger partial charge in [-0.05, 0) is 30.0 Å². The van der Waals surface area contributed by atoms with Gasteiger partial charge in [0.05, 0.1) is 12.7 Å². The molecule has 0 aliphatic carbocycles. The van der Waals surface area contributed by atoms with Crippen molar-refractivity contribution in [2.24, 2.45) is 11.7 Å².